The van der Waals surface area contributed by atoms with Crippen LogP contribution in [0.1, 0.15) is 11.1 Å². The molecule has 0 amide bonds. The lowest BCUT2D eigenvalue weighted by molar-refractivity contribution is 0.599. The first-order chi connectivity index (χ1) is 14.4. The van der Waals surface area contributed by atoms with Crippen molar-refractivity contribution in [3.8, 4) is 0 Å². The number of anilines is 1. The Kier molecular flexibility index (Phi) is 6.07. The van der Waals surface area contributed by atoms with Gasteiger partial charge in [-0.25, -0.2) is 21.8 Å². The van der Waals surface area contributed by atoms with Crippen LogP contribution in [-0.4, -0.2) is 34.3 Å². The van der Waals surface area contributed by atoms with Crippen molar-refractivity contribution in [2.45, 2.75) is 23.6 Å². The van der Waals surface area contributed by atoms with Crippen molar-refractivity contribution in [3.63, 3.8) is 0 Å². The Morgan fingerprint density at radius 2 is 1.19 bits per heavy atom. The molecule has 162 valence electrons. The molecule has 0 bridgehead atoms. The maximum Gasteiger partial charge on any atom is 0.175 e. The minimum absolute atomic E-state index is 0.339. The van der Waals surface area contributed by atoms with E-state index in [1.54, 1.807) is 37.4 Å². The van der Waals surface area contributed by atoms with Gasteiger partial charge in [-0.15, -0.1) is 0 Å². The van der Waals surface area contributed by atoms with Gasteiger partial charge in [0.15, 0.2) is 19.7 Å². The third kappa shape index (κ3) is 5.03. The van der Waals surface area contributed by atoms with Crippen molar-refractivity contribution in [2.75, 3.05) is 18.2 Å². The van der Waals surface area contributed by atoms with Gasteiger partial charge in [0.05, 0.1) is 9.79 Å². The third-order valence-corrected chi connectivity index (χ3v) is 7.41. The highest BCUT2D eigenvalue weighted by molar-refractivity contribution is 7.91. The second kappa shape index (κ2) is 8.28. The first-order valence-electron chi connectivity index (χ1n) is 9.42. The van der Waals surface area contributed by atoms with Gasteiger partial charge in [-0.1, -0.05) is 30.3 Å². The topological polar surface area (TPSA) is 107 Å². The van der Waals surface area contributed by atoms with Gasteiger partial charge in [0.25, 0.3) is 0 Å². The molecule has 0 aliphatic rings. The molecule has 0 aliphatic heterocycles. The number of rotatable bonds is 2. The molecule has 1 aromatic heterocycles. The van der Waals surface area contributed by atoms with E-state index < -0.39 is 19.7 Å². The molecule has 0 saturated heterocycles. The SMILES string of the molecule is Cc1cc2c(N)nccc2cc1S(C)(=O)=O.Cc1cc2ccccc2cc1S(C)(=O)=O. The smallest absolute Gasteiger partial charge is 0.175 e. The molecule has 0 unspecified atom stereocenters. The van der Waals surface area contributed by atoms with Gasteiger partial charge in [-0.05, 0) is 65.4 Å². The number of sulfone groups is 2. The first-order valence-corrected chi connectivity index (χ1v) is 13.2. The number of fused-ring (bicyclic) bond motifs is 2. The summed E-state index contributed by atoms with van der Waals surface area (Å²) in [5, 5.41) is 3.61. The lowest BCUT2D eigenvalue weighted by Crippen LogP contribution is -2.01. The number of hydrogen-bond donors (Lipinski definition) is 1. The van der Waals surface area contributed by atoms with E-state index >= 15 is 0 Å². The molecule has 2 N–H and O–H groups in total. The Morgan fingerprint density at radius 3 is 1.74 bits per heavy atom. The highest BCUT2D eigenvalue weighted by atomic mass is 32.2. The van der Waals surface area contributed by atoms with Crippen LogP contribution < -0.4 is 5.73 Å². The molecule has 0 spiro atoms. The average molecular weight is 457 g/mol. The molecule has 4 rings (SSSR count). The van der Waals surface area contributed by atoms with E-state index in [0.717, 1.165) is 27.1 Å². The minimum Gasteiger partial charge on any atom is -0.383 e. The molecule has 0 saturated carbocycles. The largest absolute Gasteiger partial charge is 0.383 e. The van der Waals surface area contributed by atoms with Crippen molar-refractivity contribution in [3.05, 3.63) is 71.9 Å². The fourth-order valence-electron chi connectivity index (χ4n) is 3.46. The van der Waals surface area contributed by atoms with E-state index in [2.05, 4.69) is 4.98 Å². The van der Waals surface area contributed by atoms with Crippen molar-refractivity contribution >= 4 is 47.0 Å². The van der Waals surface area contributed by atoms with Crippen molar-refractivity contribution in [1.29, 1.82) is 0 Å². The molecular formula is C23H24N2O4S2. The first kappa shape index (κ1) is 22.7. The van der Waals surface area contributed by atoms with E-state index in [0.29, 0.717) is 21.2 Å². The predicted octanol–water partition coefficient (Wildman–Crippen LogP) is 4.08. The van der Waals surface area contributed by atoms with E-state index in [1.807, 2.05) is 37.3 Å². The van der Waals surface area contributed by atoms with Gasteiger partial charge in [-0.2, -0.15) is 0 Å². The number of nitrogens with zero attached hydrogens (tertiary/aromatic N) is 1. The van der Waals surface area contributed by atoms with Crippen LogP contribution in [0.15, 0.2) is 70.6 Å². The zero-order chi connectivity index (χ0) is 23.0. The predicted molar refractivity (Wildman–Crippen MR) is 126 cm³/mol. The highest BCUT2D eigenvalue weighted by Gasteiger charge is 2.13. The summed E-state index contributed by atoms with van der Waals surface area (Å²) in [4.78, 5) is 4.72. The Morgan fingerprint density at radius 1 is 0.710 bits per heavy atom. The van der Waals surface area contributed by atoms with Gasteiger partial charge < -0.3 is 5.73 Å². The van der Waals surface area contributed by atoms with Gasteiger partial charge in [0.2, 0.25) is 0 Å². The van der Waals surface area contributed by atoms with Crippen LogP contribution in [0, 0.1) is 13.8 Å². The molecule has 6 nitrogen and oxygen atoms in total. The zero-order valence-corrected chi connectivity index (χ0v) is 19.4. The van der Waals surface area contributed by atoms with Gasteiger partial charge >= 0.3 is 0 Å². The zero-order valence-electron chi connectivity index (χ0n) is 17.7. The maximum absolute atomic E-state index is 11.5. The van der Waals surface area contributed by atoms with Crippen LogP contribution in [0.3, 0.4) is 0 Å². The summed E-state index contributed by atoms with van der Waals surface area (Å²) >= 11 is 0. The number of pyridine rings is 1. The minimum atomic E-state index is -3.20. The highest BCUT2D eigenvalue weighted by Crippen LogP contribution is 2.26. The van der Waals surface area contributed by atoms with Crippen LogP contribution in [0.25, 0.3) is 21.5 Å². The van der Waals surface area contributed by atoms with E-state index in [4.69, 9.17) is 5.73 Å². The lowest BCUT2D eigenvalue weighted by Gasteiger charge is -2.07. The molecule has 4 aromatic rings. The van der Waals surface area contributed by atoms with Crippen LogP contribution in [-0.2, 0) is 19.7 Å². The molecule has 31 heavy (non-hydrogen) atoms. The lowest BCUT2D eigenvalue weighted by atomic mass is 10.1. The summed E-state index contributed by atoms with van der Waals surface area (Å²) in [5.74, 6) is 0.417. The number of aryl methyl sites for hydroxylation is 2. The summed E-state index contributed by atoms with van der Waals surface area (Å²) in [5.41, 5.74) is 7.22. The van der Waals surface area contributed by atoms with Crippen molar-refractivity contribution in [1.82, 2.24) is 4.98 Å². The summed E-state index contributed by atoms with van der Waals surface area (Å²) in [7, 11) is -6.32. The number of hydrogen-bond acceptors (Lipinski definition) is 6. The van der Waals surface area contributed by atoms with Gasteiger partial charge in [0.1, 0.15) is 5.82 Å². The van der Waals surface area contributed by atoms with E-state index in [9.17, 15) is 16.8 Å². The molecular weight excluding hydrogens is 432 g/mol. The number of nitrogen functional groups attached to an aromatic ring is 1. The Hall–Kier alpha value is -2.97. The van der Waals surface area contributed by atoms with E-state index in [-0.39, 0.29) is 0 Å². The van der Waals surface area contributed by atoms with Crippen LogP contribution in [0.5, 0.6) is 0 Å². The van der Waals surface area contributed by atoms with Gasteiger partial charge in [0, 0.05) is 24.1 Å². The molecule has 0 atom stereocenters. The van der Waals surface area contributed by atoms with Crippen LogP contribution in [0.2, 0.25) is 0 Å². The number of aromatic nitrogens is 1. The average Bonchev–Trinajstić information content (AvgIpc) is 2.66. The molecule has 3 aromatic carbocycles. The maximum atomic E-state index is 11.5. The molecule has 0 fully saturated rings. The monoisotopic (exact) mass is 456 g/mol. The molecule has 0 radical (unpaired) electrons. The van der Waals surface area contributed by atoms with Gasteiger partial charge in [-0.3, -0.25) is 0 Å². The Labute approximate surface area is 182 Å². The van der Waals surface area contributed by atoms with Crippen LogP contribution in [0.4, 0.5) is 5.82 Å². The Balaban J connectivity index is 0.000000176. The number of nitrogens with two attached hydrogens (primary N) is 1. The summed E-state index contributed by atoms with van der Waals surface area (Å²) < 4.78 is 46.1. The standard InChI is InChI=1S/C12H12O2S.C11H12N2O2S/c1-9-7-10-5-3-4-6-11(10)8-12(9)15(2,13)14;1-7-5-9-8(3-4-13-11(9)12)6-10(7)16(2,14)15/h3-8H,1-2H3;3-6H,1-2H3,(H2,12,13). The third-order valence-electron chi connectivity index (χ3n) is 4.93. The Bertz CT molecular complexity index is 1510. The van der Waals surface area contributed by atoms with Crippen molar-refractivity contribution < 1.29 is 16.8 Å². The fourth-order valence-corrected chi connectivity index (χ4v) is 5.43. The second-order valence-electron chi connectivity index (χ2n) is 7.54. The summed E-state index contributed by atoms with van der Waals surface area (Å²) in [6.45, 7) is 3.57. The van der Waals surface area contributed by atoms with Crippen molar-refractivity contribution in [2.24, 2.45) is 0 Å². The number of benzene rings is 3. The molecule has 8 heteroatoms. The quantitative estimate of drug-likeness (QED) is 0.487. The van der Waals surface area contributed by atoms with Crippen LogP contribution >= 0.6 is 0 Å². The summed E-state index contributed by atoms with van der Waals surface area (Å²) in [6, 6.07) is 16.5. The molecule has 1 heterocycles. The fraction of sp³-hybridized carbons (Fsp3) is 0.174. The summed E-state index contributed by atoms with van der Waals surface area (Å²) in [6.07, 6.45) is 4.01. The molecule has 0 aliphatic carbocycles. The van der Waals surface area contributed by atoms with E-state index in [1.165, 1.54) is 12.5 Å². The normalized spacial score (nSPS) is 11.9. The second-order valence-corrected chi connectivity index (χ2v) is 11.5.